The van der Waals surface area contributed by atoms with E-state index >= 15 is 0 Å². The summed E-state index contributed by atoms with van der Waals surface area (Å²) < 4.78 is 0. The van der Waals surface area contributed by atoms with Crippen LogP contribution in [0.15, 0.2) is 12.4 Å². The Bertz CT molecular complexity index is 586. The van der Waals surface area contributed by atoms with Crippen molar-refractivity contribution < 1.29 is 0 Å². The molecule has 1 aliphatic heterocycles. The molecule has 1 unspecified atom stereocenters. The number of hydrogen-bond donors (Lipinski definition) is 0. The summed E-state index contributed by atoms with van der Waals surface area (Å²) in [4.78, 5) is 5.45. The van der Waals surface area contributed by atoms with Gasteiger partial charge in [0.15, 0.2) is 0 Å². The number of unbranched alkanes of at least 4 members (excludes halogenated alkanes) is 31. The van der Waals surface area contributed by atoms with Crippen molar-refractivity contribution in [1.82, 2.24) is 9.80 Å². The van der Waals surface area contributed by atoms with E-state index in [1.165, 1.54) is 238 Å². The van der Waals surface area contributed by atoms with E-state index in [1.54, 1.807) is 0 Å². The average molecular weight is 631 g/mol. The molecule has 1 rings (SSSR count). The van der Waals surface area contributed by atoms with Gasteiger partial charge >= 0.3 is 0 Å². The molecule has 0 saturated carbocycles. The van der Waals surface area contributed by atoms with E-state index in [0.717, 1.165) is 0 Å². The van der Waals surface area contributed by atoms with Gasteiger partial charge in [-0.1, -0.05) is 220 Å². The molecule has 0 aromatic heterocycles. The van der Waals surface area contributed by atoms with Gasteiger partial charge in [0, 0.05) is 25.5 Å². The highest BCUT2D eigenvalue weighted by Crippen LogP contribution is 2.24. The minimum absolute atomic E-state index is 0.639. The third-order valence-corrected chi connectivity index (χ3v) is 10.6. The van der Waals surface area contributed by atoms with E-state index in [2.05, 4.69) is 43.0 Å². The average Bonchev–Trinajstić information content (AvgIpc) is 3.43. The topological polar surface area (TPSA) is 6.48 Å². The minimum Gasteiger partial charge on any atom is -0.356 e. The van der Waals surface area contributed by atoms with E-state index in [4.69, 9.17) is 0 Å². The Hall–Kier alpha value is -0.660. The van der Waals surface area contributed by atoms with Crippen molar-refractivity contribution in [1.29, 1.82) is 0 Å². The molecular weight excluding hydrogens is 544 g/mol. The van der Waals surface area contributed by atoms with E-state index in [9.17, 15) is 0 Å². The fourth-order valence-electron chi connectivity index (χ4n) is 7.42. The number of rotatable bonds is 37. The van der Waals surface area contributed by atoms with Gasteiger partial charge in [-0.2, -0.15) is 0 Å². The van der Waals surface area contributed by atoms with Crippen molar-refractivity contribution in [2.24, 2.45) is 0 Å². The summed E-state index contributed by atoms with van der Waals surface area (Å²) in [5.41, 5.74) is 0. The Labute approximate surface area is 286 Å². The highest BCUT2D eigenvalue weighted by molar-refractivity contribution is 4.97. The molecule has 0 saturated heterocycles. The monoisotopic (exact) mass is 631 g/mol. The molecule has 2 nitrogen and oxygen atoms in total. The van der Waals surface area contributed by atoms with Crippen LogP contribution in [0.2, 0.25) is 0 Å². The Morgan fingerprint density at radius 2 is 0.511 bits per heavy atom. The van der Waals surface area contributed by atoms with Crippen molar-refractivity contribution in [2.75, 3.05) is 13.1 Å². The molecule has 0 aliphatic carbocycles. The summed E-state index contributed by atoms with van der Waals surface area (Å²) in [6, 6.07) is 0. The third kappa shape index (κ3) is 27.0. The maximum Gasteiger partial charge on any atom is 0.101 e. The number of hydrogen-bond acceptors (Lipinski definition) is 2. The molecule has 1 heterocycles. The molecule has 268 valence electrons. The third-order valence-electron chi connectivity index (χ3n) is 10.6. The van der Waals surface area contributed by atoms with Crippen LogP contribution in [0.5, 0.6) is 0 Å². The first kappa shape index (κ1) is 42.4. The standard InChI is InChI=1S/C43H86N2/c1-4-7-10-13-16-19-21-23-24-25-27-29-32-35-38-43-44(39-36-33-30-18-15-12-9-6-3)41-42-45(43)40-37-34-31-28-26-22-20-17-14-11-8-5-2/h41-43H,4-40H2,1-3H3. The lowest BCUT2D eigenvalue weighted by molar-refractivity contribution is 0.135. The van der Waals surface area contributed by atoms with E-state index in [0.29, 0.717) is 6.17 Å². The van der Waals surface area contributed by atoms with Gasteiger partial charge in [0.1, 0.15) is 6.17 Å². The quantitative estimate of drug-likeness (QED) is 0.0630. The zero-order valence-electron chi connectivity index (χ0n) is 31.8. The largest absolute Gasteiger partial charge is 0.356 e. The van der Waals surface area contributed by atoms with Crippen LogP contribution in [0, 0.1) is 0 Å². The summed E-state index contributed by atoms with van der Waals surface area (Å²) >= 11 is 0. The molecule has 0 aromatic rings. The molecule has 0 spiro atoms. The molecule has 0 amide bonds. The Morgan fingerprint density at radius 1 is 0.289 bits per heavy atom. The predicted octanol–water partition coefficient (Wildman–Crippen LogP) is 15.1. The first-order chi connectivity index (χ1) is 22.3. The summed E-state index contributed by atoms with van der Waals surface area (Å²) in [5, 5.41) is 0. The molecule has 0 N–H and O–H groups in total. The molecule has 0 bridgehead atoms. The van der Waals surface area contributed by atoms with Gasteiger partial charge in [0.2, 0.25) is 0 Å². The van der Waals surface area contributed by atoms with Crippen LogP contribution in [0.4, 0.5) is 0 Å². The predicted molar refractivity (Wildman–Crippen MR) is 205 cm³/mol. The lowest BCUT2D eigenvalue weighted by Gasteiger charge is -2.33. The SMILES string of the molecule is CCCCCCCCCCCCCCCCC1N(CCCCCCCCCC)C=CN1CCCCCCCCCCCCCC. The van der Waals surface area contributed by atoms with Gasteiger partial charge < -0.3 is 9.80 Å². The zero-order valence-corrected chi connectivity index (χ0v) is 31.8. The molecule has 1 aliphatic rings. The summed E-state index contributed by atoms with van der Waals surface area (Å²) in [6.07, 6.45) is 55.9. The van der Waals surface area contributed by atoms with Crippen molar-refractivity contribution in [3.05, 3.63) is 12.4 Å². The van der Waals surface area contributed by atoms with E-state index in [1.807, 2.05) is 0 Å². The Morgan fingerprint density at radius 3 is 0.778 bits per heavy atom. The first-order valence-corrected chi connectivity index (χ1v) is 21.5. The summed E-state index contributed by atoms with van der Waals surface area (Å²) in [6.45, 7) is 9.49. The lowest BCUT2D eigenvalue weighted by Crippen LogP contribution is -2.39. The van der Waals surface area contributed by atoms with Crippen LogP contribution < -0.4 is 0 Å². The highest BCUT2D eigenvalue weighted by atomic mass is 15.4. The van der Waals surface area contributed by atoms with Crippen LogP contribution in [-0.4, -0.2) is 29.1 Å². The van der Waals surface area contributed by atoms with Crippen LogP contribution in [0.1, 0.15) is 245 Å². The maximum absolute atomic E-state index is 2.73. The molecule has 0 fully saturated rings. The minimum atomic E-state index is 0.639. The lowest BCUT2D eigenvalue weighted by atomic mass is 10.0. The summed E-state index contributed by atoms with van der Waals surface area (Å²) in [5.74, 6) is 0. The molecule has 45 heavy (non-hydrogen) atoms. The van der Waals surface area contributed by atoms with Crippen LogP contribution in [0.3, 0.4) is 0 Å². The number of nitrogens with zero attached hydrogens (tertiary/aromatic N) is 2. The van der Waals surface area contributed by atoms with E-state index < -0.39 is 0 Å². The fraction of sp³-hybridized carbons (Fsp3) is 0.953. The van der Waals surface area contributed by atoms with Crippen LogP contribution >= 0.6 is 0 Å². The second-order valence-electron chi connectivity index (χ2n) is 15.0. The zero-order chi connectivity index (χ0) is 32.3. The molecule has 0 radical (unpaired) electrons. The van der Waals surface area contributed by atoms with Gasteiger partial charge in [0.05, 0.1) is 0 Å². The smallest absolute Gasteiger partial charge is 0.101 e. The highest BCUT2D eigenvalue weighted by Gasteiger charge is 2.24. The first-order valence-electron chi connectivity index (χ1n) is 21.5. The normalized spacial score (nSPS) is 14.8. The van der Waals surface area contributed by atoms with Gasteiger partial charge in [-0.3, -0.25) is 0 Å². The van der Waals surface area contributed by atoms with E-state index in [-0.39, 0.29) is 0 Å². The second-order valence-corrected chi connectivity index (χ2v) is 15.0. The van der Waals surface area contributed by atoms with Crippen LogP contribution in [0.25, 0.3) is 0 Å². The molecular formula is C43H86N2. The maximum atomic E-state index is 2.73. The Balaban J connectivity index is 2.20. The van der Waals surface area contributed by atoms with Gasteiger partial charge in [-0.15, -0.1) is 0 Å². The Kier molecular flexibility index (Phi) is 32.6. The second kappa shape index (κ2) is 34.7. The molecule has 2 heteroatoms. The van der Waals surface area contributed by atoms with Crippen molar-refractivity contribution in [3.63, 3.8) is 0 Å². The van der Waals surface area contributed by atoms with Gasteiger partial charge in [0.25, 0.3) is 0 Å². The van der Waals surface area contributed by atoms with Crippen molar-refractivity contribution in [3.8, 4) is 0 Å². The van der Waals surface area contributed by atoms with Gasteiger partial charge in [-0.05, 0) is 25.7 Å². The van der Waals surface area contributed by atoms with Crippen LogP contribution in [-0.2, 0) is 0 Å². The molecule has 0 aromatic carbocycles. The van der Waals surface area contributed by atoms with Crippen molar-refractivity contribution in [2.45, 2.75) is 252 Å². The van der Waals surface area contributed by atoms with Crippen molar-refractivity contribution >= 4 is 0 Å². The summed E-state index contributed by atoms with van der Waals surface area (Å²) in [7, 11) is 0. The molecule has 1 atom stereocenters. The fourth-order valence-corrected chi connectivity index (χ4v) is 7.42. The van der Waals surface area contributed by atoms with Gasteiger partial charge in [-0.25, -0.2) is 0 Å².